The van der Waals surface area contributed by atoms with Gasteiger partial charge in [-0.3, -0.25) is 9.59 Å². The molecule has 2 aliphatic rings. The summed E-state index contributed by atoms with van der Waals surface area (Å²) < 4.78 is 14.3. The van der Waals surface area contributed by atoms with Crippen LogP contribution in [0.25, 0.3) is 10.1 Å². The van der Waals surface area contributed by atoms with Crippen LogP contribution >= 0.6 is 11.3 Å². The first-order valence-corrected chi connectivity index (χ1v) is 11.2. The van der Waals surface area contributed by atoms with Crippen LogP contribution in [0.1, 0.15) is 32.0 Å². The normalized spacial score (nSPS) is 19.7. The van der Waals surface area contributed by atoms with Crippen LogP contribution in [0, 0.1) is 0 Å². The largest absolute Gasteiger partial charge is 0.378 e. The average molecular weight is 441 g/mol. The van der Waals surface area contributed by atoms with Crippen LogP contribution in [-0.4, -0.2) is 77.2 Å². The van der Waals surface area contributed by atoms with Gasteiger partial charge in [-0.25, -0.2) is 4.98 Å². The number of carbonyl (C=O) groups excluding carboxylic acids is 2. The van der Waals surface area contributed by atoms with E-state index in [4.69, 9.17) is 9.47 Å². The monoisotopic (exact) mass is 440 g/mol. The van der Waals surface area contributed by atoms with Gasteiger partial charge in [0.15, 0.2) is 5.82 Å². The maximum absolute atomic E-state index is 13.4. The number of aromatic nitrogens is 2. The minimum absolute atomic E-state index is 0.00986. The standard InChI is InChI=1S/C22H24N4O4S/c1-24-7-6-23-20(24)22(28)26-10-13-30-16(14-26)18-15-4-2-3-5-17(15)31-19(18)21(27)25-8-11-29-12-9-25/h2-7,16H,8-14H2,1H3/t16-/m0/s1. The molecule has 0 saturated carbocycles. The van der Waals surface area contributed by atoms with Crippen molar-refractivity contribution in [3.8, 4) is 0 Å². The van der Waals surface area contributed by atoms with E-state index in [1.807, 2.05) is 36.2 Å². The molecular formula is C22H24N4O4S. The van der Waals surface area contributed by atoms with Gasteiger partial charge in [0.25, 0.3) is 11.8 Å². The van der Waals surface area contributed by atoms with Crippen molar-refractivity contribution < 1.29 is 19.1 Å². The number of ether oxygens (including phenoxy) is 2. The van der Waals surface area contributed by atoms with E-state index in [9.17, 15) is 9.59 Å². The molecule has 0 radical (unpaired) electrons. The number of aryl methyl sites for hydroxylation is 1. The number of carbonyl (C=O) groups is 2. The number of morpholine rings is 2. The number of amides is 2. The van der Waals surface area contributed by atoms with Gasteiger partial charge < -0.3 is 23.8 Å². The van der Waals surface area contributed by atoms with Gasteiger partial charge in [0, 0.05) is 49.3 Å². The maximum Gasteiger partial charge on any atom is 0.290 e. The number of hydrogen-bond acceptors (Lipinski definition) is 6. The number of thiophene rings is 1. The van der Waals surface area contributed by atoms with Crippen LogP contribution < -0.4 is 0 Å². The third kappa shape index (κ3) is 3.73. The molecule has 31 heavy (non-hydrogen) atoms. The Labute approximate surface area is 184 Å². The highest BCUT2D eigenvalue weighted by molar-refractivity contribution is 7.21. The van der Waals surface area contributed by atoms with E-state index in [0.717, 1.165) is 15.6 Å². The van der Waals surface area contributed by atoms with Crippen molar-refractivity contribution >= 4 is 33.2 Å². The first-order valence-electron chi connectivity index (χ1n) is 10.4. The molecule has 0 aliphatic carbocycles. The zero-order chi connectivity index (χ0) is 21.4. The van der Waals surface area contributed by atoms with E-state index >= 15 is 0 Å². The summed E-state index contributed by atoms with van der Waals surface area (Å²) in [7, 11) is 1.81. The van der Waals surface area contributed by atoms with Gasteiger partial charge in [-0.1, -0.05) is 18.2 Å². The lowest BCUT2D eigenvalue weighted by Gasteiger charge is -2.34. The predicted octanol–water partition coefficient (Wildman–Crippen LogP) is 2.32. The van der Waals surface area contributed by atoms with E-state index < -0.39 is 0 Å². The number of hydrogen-bond donors (Lipinski definition) is 0. The van der Waals surface area contributed by atoms with E-state index in [2.05, 4.69) is 4.98 Å². The fraction of sp³-hybridized carbons (Fsp3) is 0.409. The Balaban J connectivity index is 1.49. The van der Waals surface area contributed by atoms with Crippen molar-refractivity contribution in [2.75, 3.05) is 46.0 Å². The van der Waals surface area contributed by atoms with Crippen molar-refractivity contribution in [2.24, 2.45) is 7.05 Å². The van der Waals surface area contributed by atoms with Crippen LogP contribution in [0.2, 0.25) is 0 Å². The average Bonchev–Trinajstić information content (AvgIpc) is 3.42. The van der Waals surface area contributed by atoms with Gasteiger partial charge in [-0.05, 0) is 11.5 Å². The first-order chi connectivity index (χ1) is 15.1. The highest BCUT2D eigenvalue weighted by Gasteiger charge is 2.34. The molecule has 2 fully saturated rings. The first kappa shape index (κ1) is 20.2. The minimum atomic E-state index is -0.367. The molecule has 2 aliphatic heterocycles. The third-order valence-corrected chi connectivity index (χ3v) is 6.99. The van der Waals surface area contributed by atoms with Gasteiger partial charge in [0.2, 0.25) is 0 Å². The Morgan fingerprint density at radius 1 is 1.06 bits per heavy atom. The highest BCUT2D eigenvalue weighted by atomic mass is 32.1. The molecule has 162 valence electrons. The molecule has 1 atom stereocenters. The van der Waals surface area contributed by atoms with Crippen LogP contribution in [-0.2, 0) is 16.5 Å². The Hall–Kier alpha value is -2.75. The summed E-state index contributed by atoms with van der Waals surface area (Å²) in [5, 5.41) is 1.01. The molecular weight excluding hydrogens is 416 g/mol. The molecule has 0 unspecified atom stereocenters. The molecule has 2 aromatic heterocycles. The molecule has 0 spiro atoms. The quantitative estimate of drug-likeness (QED) is 0.625. The second-order valence-corrected chi connectivity index (χ2v) is 8.77. The minimum Gasteiger partial charge on any atom is -0.378 e. The second-order valence-electron chi connectivity index (χ2n) is 7.72. The zero-order valence-corrected chi connectivity index (χ0v) is 18.1. The SMILES string of the molecule is Cn1ccnc1C(=O)N1CCO[C@H](c2c(C(=O)N3CCOCC3)sc3ccccc23)C1. The predicted molar refractivity (Wildman–Crippen MR) is 116 cm³/mol. The Bertz CT molecular complexity index is 1120. The lowest BCUT2D eigenvalue weighted by Crippen LogP contribution is -2.44. The van der Waals surface area contributed by atoms with Crippen LogP contribution in [0.15, 0.2) is 36.7 Å². The fourth-order valence-electron chi connectivity index (χ4n) is 4.18. The van der Waals surface area contributed by atoms with Crippen LogP contribution in [0.5, 0.6) is 0 Å². The molecule has 3 aromatic rings. The summed E-state index contributed by atoms with van der Waals surface area (Å²) in [6.45, 7) is 3.57. The molecule has 9 heteroatoms. The molecule has 5 rings (SSSR count). The van der Waals surface area contributed by atoms with Crippen LogP contribution in [0.3, 0.4) is 0 Å². The number of benzene rings is 1. The number of nitrogens with zero attached hydrogens (tertiary/aromatic N) is 4. The fourth-order valence-corrected chi connectivity index (χ4v) is 5.40. The molecule has 4 heterocycles. The summed E-state index contributed by atoms with van der Waals surface area (Å²) >= 11 is 1.50. The van der Waals surface area contributed by atoms with Gasteiger partial charge in [-0.15, -0.1) is 11.3 Å². The molecule has 2 amide bonds. The Morgan fingerprint density at radius 3 is 2.61 bits per heavy atom. The third-order valence-electron chi connectivity index (χ3n) is 5.81. The van der Waals surface area contributed by atoms with Crippen LogP contribution in [0.4, 0.5) is 0 Å². The lowest BCUT2D eigenvalue weighted by molar-refractivity contribution is -0.0230. The van der Waals surface area contributed by atoms with Crippen molar-refractivity contribution in [1.82, 2.24) is 19.4 Å². The Kier molecular flexibility index (Phi) is 5.47. The van der Waals surface area contributed by atoms with E-state index in [0.29, 0.717) is 56.7 Å². The highest BCUT2D eigenvalue weighted by Crippen LogP contribution is 2.39. The summed E-state index contributed by atoms with van der Waals surface area (Å²) in [6.07, 6.45) is 3.02. The van der Waals surface area contributed by atoms with E-state index in [1.54, 1.807) is 21.9 Å². The summed E-state index contributed by atoms with van der Waals surface area (Å²) in [5.74, 6) is 0.289. The van der Waals surface area contributed by atoms with E-state index in [1.165, 1.54) is 11.3 Å². The smallest absolute Gasteiger partial charge is 0.290 e. The molecule has 1 aromatic carbocycles. The van der Waals surface area contributed by atoms with Gasteiger partial charge >= 0.3 is 0 Å². The number of imidazole rings is 1. The second kappa shape index (κ2) is 8.41. The summed E-state index contributed by atoms with van der Waals surface area (Å²) in [4.78, 5) is 34.9. The zero-order valence-electron chi connectivity index (χ0n) is 17.3. The van der Waals surface area contributed by atoms with Crippen molar-refractivity contribution in [1.29, 1.82) is 0 Å². The van der Waals surface area contributed by atoms with Crippen molar-refractivity contribution in [3.05, 3.63) is 52.9 Å². The van der Waals surface area contributed by atoms with Gasteiger partial charge in [0.1, 0.15) is 6.10 Å². The summed E-state index contributed by atoms with van der Waals surface area (Å²) in [5.41, 5.74) is 0.884. The maximum atomic E-state index is 13.4. The lowest BCUT2D eigenvalue weighted by atomic mass is 10.0. The summed E-state index contributed by atoms with van der Waals surface area (Å²) in [6, 6.07) is 8.00. The molecule has 8 nitrogen and oxygen atoms in total. The molecule has 2 saturated heterocycles. The van der Waals surface area contributed by atoms with E-state index in [-0.39, 0.29) is 17.9 Å². The number of rotatable bonds is 3. The molecule has 0 N–H and O–H groups in total. The Morgan fingerprint density at radius 2 is 1.84 bits per heavy atom. The van der Waals surface area contributed by atoms with Gasteiger partial charge in [0.05, 0.1) is 31.2 Å². The van der Waals surface area contributed by atoms with Crippen molar-refractivity contribution in [3.63, 3.8) is 0 Å². The number of fused-ring (bicyclic) bond motifs is 1. The molecule has 0 bridgehead atoms. The van der Waals surface area contributed by atoms with Gasteiger partial charge in [-0.2, -0.15) is 0 Å². The van der Waals surface area contributed by atoms with Crippen molar-refractivity contribution in [2.45, 2.75) is 6.10 Å². The topological polar surface area (TPSA) is 76.9 Å².